The van der Waals surface area contributed by atoms with Gasteiger partial charge in [-0.25, -0.2) is 5.06 Å². The fourth-order valence-corrected chi connectivity index (χ4v) is 1.46. The number of hydrogen-bond acceptors (Lipinski definition) is 2. The van der Waals surface area contributed by atoms with Crippen LogP contribution in [0, 0.1) is 0 Å². The fraction of sp³-hybridized carbons (Fsp3) is 0.222. The second kappa shape index (κ2) is 4.94. The summed E-state index contributed by atoms with van der Waals surface area (Å²) in [5, 5.41) is 11.4. The van der Waals surface area contributed by atoms with E-state index in [9.17, 15) is 5.21 Å². The largest absolute Gasteiger partial charge is 0.288 e. The predicted molar refractivity (Wildman–Crippen MR) is 62.1 cm³/mol. The fourth-order valence-electron chi connectivity index (χ4n) is 0.923. The minimum atomic E-state index is 0.269. The third-order valence-corrected chi connectivity index (χ3v) is 2.50. The van der Waals surface area contributed by atoms with Gasteiger partial charge in [-0.05, 0) is 24.6 Å². The maximum Gasteiger partial charge on any atom is 0.101 e. The van der Waals surface area contributed by atoms with Crippen LogP contribution in [-0.2, 0) is 6.54 Å². The van der Waals surface area contributed by atoms with Gasteiger partial charge < -0.3 is 0 Å². The van der Waals surface area contributed by atoms with Crippen molar-refractivity contribution in [3.05, 3.63) is 33.8 Å². The standard InChI is InChI=1S/C9H9Cl2NOS/c1-6(14)12(13)5-7-2-3-8(10)4-9(7)11/h2-4,13H,5H2,1H3. The van der Waals surface area contributed by atoms with Gasteiger partial charge in [0, 0.05) is 10.0 Å². The van der Waals surface area contributed by atoms with Crippen LogP contribution in [0.25, 0.3) is 0 Å². The Hall–Kier alpha value is -0.350. The van der Waals surface area contributed by atoms with Crippen molar-refractivity contribution in [2.75, 3.05) is 0 Å². The van der Waals surface area contributed by atoms with E-state index >= 15 is 0 Å². The van der Waals surface area contributed by atoms with Crippen LogP contribution in [0.3, 0.4) is 0 Å². The molecule has 0 unspecified atom stereocenters. The summed E-state index contributed by atoms with van der Waals surface area (Å²) in [6.07, 6.45) is 0. The third kappa shape index (κ3) is 3.10. The molecule has 0 spiro atoms. The second-order valence-corrected chi connectivity index (χ2v) is 4.25. The van der Waals surface area contributed by atoms with Crippen molar-refractivity contribution in [1.82, 2.24) is 5.06 Å². The molecule has 0 saturated heterocycles. The molecule has 1 aromatic rings. The minimum absolute atomic E-state index is 0.269. The summed E-state index contributed by atoms with van der Waals surface area (Å²) in [7, 11) is 0. The number of thiocarbonyl (C=S) groups is 1. The third-order valence-electron chi connectivity index (χ3n) is 1.70. The Labute approximate surface area is 98.0 Å². The van der Waals surface area contributed by atoms with E-state index in [1.54, 1.807) is 25.1 Å². The van der Waals surface area contributed by atoms with Crippen molar-refractivity contribution in [2.45, 2.75) is 13.5 Å². The Morgan fingerprint density at radius 3 is 2.64 bits per heavy atom. The van der Waals surface area contributed by atoms with Crippen molar-refractivity contribution in [3.8, 4) is 0 Å². The lowest BCUT2D eigenvalue weighted by atomic mass is 10.2. The Morgan fingerprint density at radius 1 is 1.50 bits per heavy atom. The van der Waals surface area contributed by atoms with Crippen LogP contribution in [0.5, 0.6) is 0 Å². The van der Waals surface area contributed by atoms with Crippen LogP contribution in [0.1, 0.15) is 12.5 Å². The van der Waals surface area contributed by atoms with Gasteiger partial charge in [0.1, 0.15) is 4.99 Å². The van der Waals surface area contributed by atoms with Gasteiger partial charge in [-0.15, -0.1) is 0 Å². The molecule has 1 N–H and O–H groups in total. The van der Waals surface area contributed by atoms with Gasteiger partial charge in [0.2, 0.25) is 0 Å². The van der Waals surface area contributed by atoms with E-state index in [2.05, 4.69) is 0 Å². The number of halogens is 2. The molecule has 0 bridgehead atoms. The summed E-state index contributed by atoms with van der Waals surface area (Å²) in [5.74, 6) is 0. The van der Waals surface area contributed by atoms with Crippen molar-refractivity contribution in [1.29, 1.82) is 0 Å². The highest BCUT2D eigenvalue weighted by molar-refractivity contribution is 7.80. The van der Waals surface area contributed by atoms with E-state index in [0.717, 1.165) is 10.6 Å². The van der Waals surface area contributed by atoms with E-state index in [0.29, 0.717) is 15.0 Å². The molecule has 0 aliphatic rings. The highest BCUT2D eigenvalue weighted by Crippen LogP contribution is 2.21. The molecule has 76 valence electrons. The van der Waals surface area contributed by atoms with Gasteiger partial charge in [-0.3, -0.25) is 5.21 Å². The van der Waals surface area contributed by atoms with Crippen LogP contribution in [-0.4, -0.2) is 15.3 Å². The molecule has 0 heterocycles. The molecule has 2 nitrogen and oxygen atoms in total. The molecule has 0 fully saturated rings. The molecule has 0 saturated carbocycles. The number of hydrogen-bond donors (Lipinski definition) is 1. The van der Waals surface area contributed by atoms with Crippen molar-refractivity contribution in [2.24, 2.45) is 0 Å². The zero-order valence-corrected chi connectivity index (χ0v) is 9.83. The maximum atomic E-state index is 9.37. The van der Waals surface area contributed by atoms with Crippen molar-refractivity contribution < 1.29 is 5.21 Å². The second-order valence-electron chi connectivity index (χ2n) is 2.81. The molecule has 1 aromatic carbocycles. The van der Waals surface area contributed by atoms with E-state index in [-0.39, 0.29) is 6.54 Å². The van der Waals surface area contributed by atoms with Gasteiger partial charge in [0.05, 0.1) is 6.54 Å². The Kier molecular flexibility index (Phi) is 4.13. The first-order valence-corrected chi connectivity index (χ1v) is 5.08. The summed E-state index contributed by atoms with van der Waals surface area (Å²) in [6.45, 7) is 1.91. The zero-order chi connectivity index (χ0) is 10.7. The SMILES string of the molecule is CC(=S)N(O)Cc1ccc(Cl)cc1Cl. The molecule has 0 aliphatic carbocycles. The normalized spacial score (nSPS) is 10.0. The molecular weight excluding hydrogens is 241 g/mol. The molecule has 1 rings (SSSR count). The van der Waals surface area contributed by atoms with Crippen molar-refractivity contribution >= 4 is 40.4 Å². The van der Waals surface area contributed by atoms with Gasteiger partial charge in [-0.2, -0.15) is 0 Å². The predicted octanol–water partition coefficient (Wildman–Crippen LogP) is 3.53. The Bertz CT molecular complexity index is 357. The molecule has 0 amide bonds. The molecule has 14 heavy (non-hydrogen) atoms. The van der Waals surface area contributed by atoms with Gasteiger partial charge in [0.15, 0.2) is 0 Å². The van der Waals surface area contributed by atoms with Crippen LogP contribution in [0.2, 0.25) is 10.0 Å². The molecule has 0 aliphatic heterocycles. The van der Waals surface area contributed by atoms with Gasteiger partial charge >= 0.3 is 0 Å². The first-order chi connectivity index (χ1) is 6.50. The van der Waals surface area contributed by atoms with E-state index < -0.39 is 0 Å². The summed E-state index contributed by atoms with van der Waals surface area (Å²) in [4.78, 5) is 0.399. The lowest BCUT2D eigenvalue weighted by molar-refractivity contribution is -0.0203. The van der Waals surface area contributed by atoms with E-state index in [1.807, 2.05) is 0 Å². The molecule has 0 radical (unpaired) electrons. The number of nitrogens with zero attached hydrogens (tertiary/aromatic N) is 1. The molecule has 0 aromatic heterocycles. The van der Waals surface area contributed by atoms with Crippen molar-refractivity contribution in [3.63, 3.8) is 0 Å². The monoisotopic (exact) mass is 249 g/mol. The average molecular weight is 250 g/mol. The highest BCUT2D eigenvalue weighted by atomic mass is 35.5. The smallest absolute Gasteiger partial charge is 0.101 e. The van der Waals surface area contributed by atoms with Crippen LogP contribution in [0.15, 0.2) is 18.2 Å². The lowest BCUT2D eigenvalue weighted by Crippen LogP contribution is -2.22. The number of rotatable bonds is 2. The minimum Gasteiger partial charge on any atom is -0.288 e. The van der Waals surface area contributed by atoms with Crippen LogP contribution >= 0.6 is 35.4 Å². The van der Waals surface area contributed by atoms with E-state index in [1.165, 1.54) is 0 Å². The average Bonchev–Trinajstić information content (AvgIpc) is 2.09. The number of benzene rings is 1. The van der Waals surface area contributed by atoms with Gasteiger partial charge in [-0.1, -0.05) is 41.5 Å². The first-order valence-electron chi connectivity index (χ1n) is 3.91. The summed E-state index contributed by atoms with van der Waals surface area (Å²) in [6, 6.07) is 5.10. The Morgan fingerprint density at radius 2 is 2.14 bits per heavy atom. The summed E-state index contributed by atoms with van der Waals surface area (Å²) >= 11 is 16.4. The lowest BCUT2D eigenvalue weighted by Gasteiger charge is -2.15. The first kappa shape index (κ1) is 11.7. The quantitative estimate of drug-likeness (QED) is 0.641. The number of hydroxylamine groups is 2. The highest BCUT2D eigenvalue weighted by Gasteiger charge is 2.06. The zero-order valence-electron chi connectivity index (χ0n) is 7.50. The molecule has 0 atom stereocenters. The molecule has 5 heteroatoms. The summed E-state index contributed by atoms with van der Waals surface area (Å²) in [5.41, 5.74) is 0.780. The van der Waals surface area contributed by atoms with Crippen LogP contribution < -0.4 is 0 Å². The maximum absolute atomic E-state index is 9.37. The van der Waals surface area contributed by atoms with Crippen LogP contribution in [0.4, 0.5) is 0 Å². The Balaban J connectivity index is 2.82. The topological polar surface area (TPSA) is 23.5 Å². The molecular formula is C9H9Cl2NOS. The van der Waals surface area contributed by atoms with E-state index in [4.69, 9.17) is 35.4 Å². The van der Waals surface area contributed by atoms with Gasteiger partial charge in [0.25, 0.3) is 0 Å². The summed E-state index contributed by atoms with van der Waals surface area (Å²) < 4.78 is 0.